The molecule has 1 saturated carbocycles. The Kier molecular flexibility index (Phi) is 7.96. The zero-order chi connectivity index (χ0) is 27.6. The number of aromatic nitrogens is 4. The SMILES string of the molecule is CS(=O)(=O)N[C@H]1CCCC[C@@H]1N1C(=O)c2ccccc2[C@@H](C(=O)NCCn2cnnn2)[C@@H]1c1ccc(Cl)cc1. The van der Waals surface area contributed by atoms with Gasteiger partial charge in [-0.3, -0.25) is 9.59 Å². The van der Waals surface area contributed by atoms with Gasteiger partial charge in [0.25, 0.3) is 5.91 Å². The van der Waals surface area contributed by atoms with Crippen molar-refractivity contribution in [3.63, 3.8) is 0 Å². The number of carbonyl (C=O) groups is 2. The predicted molar refractivity (Wildman–Crippen MR) is 144 cm³/mol. The summed E-state index contributed by atoms with van der Waals surface area (Å²) < 4.78 is 28.8. The highest BCUT2D eigenvalue weighted by molar-refractivity contribution is 7.88. The van der Waals surface area contributed by atoms with Crippen molar-refractivity contribution in [3.8, 4) is 0 Å². The highest BCUT2D eigenvalue weighted by atomic mass is 35.5. The van der Waals surface area contributed by atoms with Gasteiger partial charge in [-0.1, -0.05) is 54.8 Å². The van der Waals surface area contributed by atoms with Crippen molar-refractivity contribution in [2.24, 2.45) is 0 Å². The molecule has 3 aromatic rings. The lowest BCUT2D eigenvalue weighted by atomic mass is 9.76. The normalized spacial score (nSPS) is 23.3. The van der Waals surface area contributed by atoms with Crippen LogP contribution in [0.3, 0.4) is 0 Å². The third-order valence-electron chi connectivity index (χ3n) is 7.35. The quantitative estimate of drug-likeness (QED) is 0.423. The molecule has 11 nitrogen and oxygen atoms in total. The topological polar surface area (TPSA) is 139 Å². The van der Waals surface area contributed by atoms with Gasteiger partial charge in [-0.05, 0) is 52.6 Å². The lowest BCUT2D eigenvalue weighted by Gasteiger charge is -2.49. The fourth-order valence-electron chi connectivity index (χ4n) is 5.76. The van der Waals surface area contributed by atoms with Crippen LogP contribution in [0.5, 0.6) is 0 Å². The summed E-state index contributed by atoms with van der Waals surface area (Å²) in [6.07, 6.45) is 5.49. The lowest BCUT2D eigenvalue weighted by Crippen LogP contribution is -2.59. The number of sulfonamides is 1. The van der Waals surface area contributed by atoms with Crippen LogP contribution in [0.1, 0.15) is 59.1 Å². The summed E-state index contributed by atoms with van der Waals surface area (Å²) in [4.78, 5) is 29.9. The summed E-state index contributed by atoms with van der Waals surface area (Å²) in [5, 5.41) is 14.6. The molecule has 5 rings (SSSR count). The number of carbonyl (C=O) groups excluding carboxylic acids is 2. The Morgan fingerprint density at radius 1 is 1.10 bits per heavy atom. The van der Waals surface area contributed by atoms with E-state index in [-0.39, 0.29) is 18.4 Å². The van der Waals surface area contributed by atoms with E-state index in [1.54, 1.807) is 29.2 Å². The number of rotatable bonds is 8. The summed E-state index contributed by atoms with van der Waals surface area (Å²) in [6, 6.07) is 12.7. The van der Waals surface area contributed by atoms with Crippen LogP contribution >= 0.6 is 11.6 Å². The van der Waals surface area contributed by atoms with Crippen LogP contribution in [-0.2, 0) is 21.4 Å². The van der Waals surface area contributed by atoms with Crippen molar-refractivity contribution in [1.82, 2.24) is 35.1 Å². The first-order chi connectivity index (χ1) is 18.7. The fourth-order valence-corrected chi connectivity index (χ4v) is 6.71. The second-order valence-electron chi connectivity index (χ2n) is 9.99. The minimum absolute atomic E-state index is 0.226. The van der Waals surface area contributed by atoms with Crippen LogP contribution in [0.25, 0.3) is 0 Å². The Morgan fingerprint density at radius 2 is 1.85 bits per heavy atom. The van der Waals surface area contributed by atoms with Gasteiger partial charge in [-0.15, -0.1) is 5.10 Å². The molecule has 2 heterocycles. The highest BCUT2D eigenvalue weighted by Gasteiger charge is 2.48. The maximum Gasteiger partial charge on any atom is 0.255 e. The second-order valence-corrected chi connectivity index (χ2v) is 12.2. The van der Waals surface area contributed by atoms with Gasteiger partial charge in [-0.2, -0.15) is 0 Å². The van der Waals surface area contributed by atoms with Gasteiger partial charge in [0, 0.05) is 29.2 Å². The third kappa shape index (κ3) is 5.97. The molecule has 2 N–H and O–H groups in total. The first kappa shape index (κ1) is 27.2. The van der Waals surface area contributed by atoms with Crippen LogP contribution < -0.4 is 10.0 Å². The summed E-state index contributed by atoms with van der Waals surface area (Å²) >= 11 is 6.20. The molecule has 0 saturated heterocycles. The van der Waals surface area contributed by atoms with Gasteiger partial charge in [0.1, 0.15) is 6.33 Å². The summed E-state index contributed by atoms with van der Waals surface area (Å²) in [6.45, 7) is 0.663. The number of amides is 2. The molecule has 0 unspecified atom stereocenters. The average Bonchev–Trinajstić information content (AvgIpc) is 3.42. The number of benzene rings is 2. The van der Waals surface area contributed by atoms with Crippen molar-refractivity contribution in [2.75, 3.05) is 12.8 Å². The predicted octanol–water partition coefficient (Wildman–Crippen LogP) is 2.28. The van der Waals surface area contributed by atoms with E-state index in [1.165, 1.54) is 11.0 Å². The standard InChI is InChI=1S/C26H30ClN7O4S/c1-39(37,38)30-21-8-4-5-9-22(21)34-24(17-10-12-18(27)13-11-17)23(19-6-2-3-7-20(19)26(34)36)25(35)28-14-15-33-16-29-31-32-33/h2-3,6-7,10-13,16,21-24,30H,4-5,8-9,14-15H2,1H3,(H,28,35)/t21-,22-,23+,24-/m0/s1. The van der Waals surface area contributed by atoms with E-state index in [2.05, 4.69) is 25.6 Å². The first-order valence-electron chi connectivity index (χ1n) is 12.9. The van der Waals surface area contributed by atoms with Crippen LogP contribution in [0.4, 0.5) is 0 Å². The average molecular weight is 572 g/mol. The first-order valence-corrected chi connectivity index (χ1v) is 15.1. The Bertz CT molecular complexity index is 1430. The van der Waals surface area contributed by atoms with Crippen LogP contribution in [0.15, 0.2) is 54.9 Å². The van der Waals surface area contributed by atoms with Gasteiger partial charge in [0.05, 0.1) is 24.8 Å². The zero-order valence-electron chi connectivity index (χ0n) is 21.4. The Morgan fingerprint density at radius 3 is 2.56 bits per heavy atom. The molecule has 2 aromatic carbocycles. The molecule has 1 aliphatic carbocycles. The molecule has 1 fully saturated rings. The smallest absolute Gasteiger partial charge is 0.255 e. The van der Waals surface area contributed by atoms with E-state index in [0.29, 0.717) is 35.5 Å². The van der Waals surface area contributed by atoms with E-state index in [4.69, 9.17) is 11.6 Å². The van der Waals surface area contributed by atoms with Crippen molar-refractivity contribution in [2.45, 2.75) is 56.3 Å². The summed E-state index contributed by atoms with van der Waals surface area (Å²) in [5.74, 6) is -1.22. The van der Waals surface area contributed by atoms with Crippen molar-refractivity contribution < 1.29 is 18.0 Å². The number of halogens is 1. The van der Waals surface area contributed by atoms with Gasteiger partial charge in [0.15, 0.2) is 0 Å². The van der Waals surface area contributed by atoms with Crippen LogP contribution in [-0.4, -0.2) is 70.2 Å². The van der Waals surface area contributed by atoms with Crippen LogP contribution in [0, 0.1) is 0 Å². The van der Waals surface area contributed by atoms with Crippen molar-refractivity contribution in [3.05, 3.63) is 76.6 Å². The number of fused-ring (bicyclic) bond motifs is 1. The largest absolute Gasteiger partial charge is 0.354 e. The second kappa shape index (κ2) is 11.4. The molecule has 0 bridgehead atoms. The molecular weight excluding hydrogens is 542 g/mol. The van der Waals surface area contributed by atoms with E-state index < -0.39 is 34.1 Å². The maximum atomic E-state index is 14.2. The number of nitrogens with zero attached hydrogens (tertiary/aromatic N) is 5. The maximum absolute atomic E-state index is 14.2. The third-order valence-corrected chi connectivity index (χ3v) is 8.34. The lowest BCUT2D eigenvalue weighted by molar-refractivity contribution is -0.124. The molecule has 2 amide bonds. The molecule has 39 heavy (non-hydrogen) atoms. The van der Waals surface area contributed by atoms with E-state index >= 15 is 0 Å². The molecule has 1 aromatic heterocycles. The van der Waals surface area contributed by atoms with Gasteiger partial charge >= 0.3 is 0 Å². The van der Waals surface area contributed by atoms with E-state index in [9.17, 15) is 18.0 Å². The fraction of sp³-hybridized carbons (Fsp3) is 0.423. The Labute approximate surface area is 232 Å². The monoisotopic (exact) mass is 571 g/mol. The molecule has 13 heteroatoms. The number of hydrogen-bond acceptors (Lipinski definition) is 7. The number of nitrogens with one attached hydrogen (secondary N) is 2. The molecule has 0 radical (unpaired) electrons. The van der Waals surface area contributed by atoms with Gasteiger partial charge in [0.2, 0.25) is 15.9 Å². The molecule has 4 atom stereocenters. The highest BCUT2D eigenvalue weighted by Crippen LogP contribution is 2.46. The van der Waals surface area contributed by atoms with Crippen molar-refractivity contribution in [1.29, 1.82) is 0 Å². The van der Waals surface area contributed by atoms with Crippen molar-refractivity contribution >= 4 is 33.4 Å². The van der Waals surface area contributed by atoms with Gasteiger partial charge < -0.3 is 10.2 Å². The minimum Gasteiger partial charge on any atom is -0.354 e. The Hall–Kier alpha value is -3.35. The molecular formula is C26H30ClN7O4S. The Balaban J connectivity index is 1.58. The molecule has 1 aliphatic heterocycles. The van der Waals surface area contributed by atoms with Gasteiger partial charge in [-0.25, -0.2) is 17.8 Å². The molecule has 2 aliphatic rings. The van der Waals surface area contributed by atoms with E-state index in [0.717, 1.165) is 24.7 Å². The number of hydrogen-bond donors (Lipinski definition) is 2. The zero-order valence-corrected chi connectivity index (χ0v) is 23.0. The van der Waals surface area contributed by atoms with E-state index in [1.807, 2.05) is 24.3 Å². The minimum atomic E-state index is -3.53. The number of tetrazole rings is 1. The molecule has 0 spiro atoms. The molecule has 206 valence electrons. The summed E-state index contributed by atoms with van der Waals surface area (Å²) in [5.41, 5.74) is 1.81. The summed E-state index contributed by atoms with van der Waals surface area (Å²) in [7, 11) is -3.53. The van der Waals surface area contributed by atoms with Crippen LogP contribution in [0.2, 0.25) is 5.02 Å².